The SMILES string of the molecule is Cc1ccc(NC(=O)COc2cccc([C@H]3c4sc(=O)[nH]c4SC4C5CC(C6C(=O)N(c7ccccc7)C(=O)C56)C43)c2)cc1. The van der Waals surface area contributed by atoms with Gasteiger partial charge in [0, 0.05) is 21.7 Å². The van der Waals surface area contributed by atoms with Crippen LogP contribution in [0.5, 0.6) is 5.75 Å². The number of para-hydroxylation sites is 1. The number of hydrogen-bond acceptors (Lipinski definition) is 7. The third-order valence-electron chi connectivity index (χ3n) is 9.66. The Kier molecular flexibility index (Phi) is 6.53. The summed E-state index contributed by atoms with van der Waals surface area (Å²) >= 11 is 2.89. The average molecular weight is 624 g/mol. The molecule has 8 rings (SSSR count). The van der Waals surface area contributed by atoms with E-state index >= 15 is 0 Å². The summed E-state index contributed by atoms with van der Waals surface area (Å²) in [5.74, 6) is -0.580. The van der Waals surface area contributed by atoms with Gasteiger partial charge in [0.15, 0.2) is 6.61 Å². The lowest BCUT2D eigenvalue weighted by atomic mass is 9.68. The second kappa shape index (κ2) is 10.5. The summed E-state index contributed by atoms with van der Waals surface area (Å²) in [6.45, 7) is 1.84. The summed E-state index contributed by atoms with van der Waals surface area (Å²) in [5, 5.41) is 3.81. The number of nitrogens with zero attached hydrogens (tertiary/aromatic N) is 1. The van der Waals surface area contributed by atoms with Crippen molar-refractivity contribution in [2.45, 2.75) is 29.5 Å². The molecule has 3 fully saturated rings. The Morgan fingerprint density at radius 3 is 2.48 bits per heavy atom. The second-order valence-corrected chi connectivity index (χ2v) is 14.3. The molecule has 1 saturated heterocycles. The quantitative estimate of drug-likeness (QED) is 0.277. The number of hydrogen-bond donors (Lipinski definition) is 2. The summed E-state index contributed by atoms with van der Waals surface area (Å²) in [7, 11) is 0. The fourth-order valence-corrected chi connectivity index (χ4v) is 10.9. The number of aromatic nitrogens is 1. The van der Waals surface area contributed by atoms with Crippen LogP contribution in [0.4, 0.5) is 11.4 Å². The van der Waals surface area contributed by atoms with Crippen LogP contribution in [0.15, 0.2) is 88.7 Å². The number of carbonyl (C=O) groups is 3. The standard InChI is InChI=1S/C34H29N3O5S2/c1-17-10-12-19(13-11-17)35-24(38)16-42-21-9-5-6-18(14-21)25-26-22-15-23(29(26)43-31-30(25)44-34(41)36-31)28-27(22)32(39)37(33(28)40)20-7-3-2-4-8-20/h2-14,22-23,25-29H,15-16H2,1H3,(H,35,38)(H,36,41)/t22?,23?,25-,26?,27?,28?,29?/m1/s1. The lowest BCUT2D eigenvalue weighted by Gasteiger charge is -2.43. The first kappa shape index (κ1) is 27.4. The van der Waals surface area contributed by atoms with Crippen LogP contribution >= 0.6 is 23.1 Å². The fraction of sp³-hybridized carbons (Fsp3) is 0.294. The first-order valence-electron chi connectivity index (χ1n) is 14.8. The van der Waals surface area contributed by atoms with Gasteiger partial charge in [-0.15, -0.1) is 11.8 Å². The molecular weight excluding hydrogens is 595 g/mol. The zero-order valence-corrected chi connectivity index (χ0v) is 25.4. The number of aryl methyl sites for hydroxylation is 1. The van der Waals surface area contributed by atoms with Crippen molar-refractivity contribution in [2.75, 3.05) is 16.8 Å². The van der Waals surface area contributed by atoms with Crippen LogP contribution in [-0.2, 0) is 14.4 Å². The number of rotatable bonds is 6. The van der Waals surface area contributed by atoms with Crippen molar-refractivity contribution in [2.24, 2.45) is 29.6 Å². The summed E-state index contributed by atoms with van der Waals surface area (Å²) in [5.41, 5.74) is 3.43. The van der Waals surface area contributed by atoms with Crippen LogP contribution in [0.2, 0.25) is 0 Å². The molecule has 2 N–H and O–H groups in total. The summed E-state index contributed by atoms with van der Waals surface area (Å²) < 4.78 is 5.94. The smallest absolute Gasteiger partial charge is 0.305 e. The zero-order valence-electron chi connectivity index (χ0n) is 23.8. The van der Waals surface area contributed by atoms with E-state index in [9.17, 15) is 19.2 Å². The van der Waals surface area contributed by atoms with Gasteiger partial charge in [0.25, 0.3) is 5.91 Å². The van der Waals surface area contributed by atoms with Crippen molar-refractivity contribution in [1.82, 2.24) is 4.98 Å². The number of H-pyrrole nitrogens is 1. The van der Waals surface area contributed by atoms with E-state index in [1.54, 1.807) is 11.8 Å². The molecule has 4 aromatic rings. The number of thioether (sulfide) groups is 1. The number of thiazole rings is 1. The Morgan fingerprint density at radius 2 is 1.70 bits per heavy atom. The Labute approximate surface area is 261 Å². The minimum absolute atomic E-state index is 0.0212. The predicted octanol–water partition coefficient (Wildman–Crippen LogP) is 5.44. The van der Waals surface area contributed by atoms with Crippen LogP contribution < -0.4 is 19.8 Å². The number of aromatic amines is 1. The number of carbonyl (C=O) groups excluding carboxylic acids is 3. The molecule has 10 heteroatoms. The van der Waals surface area contributed by atoms with Crippen molar-refractivity contribution in [1.29, 1.82) is 0 Å². The maximum Gasteiger partial charge on any atom is 0.305 e. The maximum absolute atomic E-state index is 13.9. The molecular formula is C34H29N3O5S2. The average Bonchev–Trinajstić information content (AvgIpc) is 3.76. The van der Waals surface area contributed by atoms with Crippen LogP contribution in [0.3, 0.4) is 0 Å². The number of benzene rings is 3. The first-order valence-corrected chi connectivity index (χ1v) is 16.5. The second-order valence-electron chi connectivity index (χ2n) is 12.1. The van der Waals surface area contributed by atoms with Gasteiger partial charge in [-0.3, -0.25) is 24.1 Å². The number of fused-ring (bicyclic) bond motifs is 9. The molecule has 8 nitrogen and oxygen atoms in total. The Bertz CT molecular complexity index is 1850. The Hall–Kier alpha value is -4.15. The van der Waals surface area contributed by atoms with E-state index in [1.165, 1.54) is 16.2 Å². The van der Waals surface area contributed by atoms with Crippen molar-refractivity contribution in [3.05, 3.63) is 105 Å². The molecule has 1 aromatic heterocycles. The number of ether oxygens (including phenoxy) is 1. The molecule has 2 aliphatic carbocycles. The highest BCUT2D eigenvalue weighted by atomic mass is 32.2. The highest BCUT2D eigenvalue weighted by Gasteiger charge is 2.69. The van der Waals surface area contributed by atoms with Crippen molar-refractivity contribution in [3.8, 4) is 5.75 Å². The van der Waals surface area contributed by atoms with Gasteiger partial charge in [-0.05, 0) is 73.1 Å². The molecule has 4 aliphatic rings. The molecule has 2 bridgehead atoms. The number of nitrogens with one attached hydrogen (secondary N) is 2. The highest BCUT2D eigenvalue weighted by Crippen LogP contribution is 2.68. The number of imide groups is 1. The van der Waals surface area contributed by atoms with Crippen molar-refractivity contribution in [3.63, 3.8) is 0 Å². The van der Waals surface area contributed by atoms with Crippen LogP contribution in [0.25, 0.3) is 0 Å². The lowest BCUT2D eigenvalue weighted by molar-refractivity contribution is -0.123. The van der Waals surface area contributed by atoms with Crippen LogP contribution in [-0.4, -0.2) is 34.6 Å². The third kappa shape index (κ3) is 4.34. The Morgan fingerprint density at radius 1 is 0.955 bits per heavy atom. The predicted molar refractivity (Wildman–Crippen MR) is 169 cm³/mol. The molecule has 6 unspecified atom stereocenters. The van der Waals surface area contributed by atoms with Crippen molar-refractivity contribution >= 4 is 52.2 Å². The van der Waals surface area contributed by atoms with E-state index in [0.29, 0.717) is 17.1 Å². The van der Waals surface area contributed by atoms with E-state index in [-0.39, 0.29) is 70.0 Å². The summed E-state index contributed by atoms with van der Waals surface area (Å²) in [6, 6.07) is 24.5. The molecule has 3 amide bonds. The van der Waals surface area contributed by atoms with Crippen LogP contribution in [0.1, 0.15) is 28.3 Å². The molecule has 222 valence electrons. The van der Waals surface area contributed by atoms with E-state index < -0.39 is 0 Å². The van der Waals surface area contributed by atoms with Gasteiger partial charge in [-0.25, -0.2) is 0 Å². The van der Waals surface area contributed by atoms with E-state index in [1.807, 2.05) is 85.8 Å². The van der Waals surface area contributed by atoms with E-state index in [4.69, 9.17) is 4.74 Å². The fourth-order valence-electron chi connectivity index (χ4n) is 8.00. The molecule has 0 radical (unpaired) electrons. The molecule has 2 aliphatic heterocycles. The minimum Gasteiger partial charge on any atom is -0.484 e. The van der Waals surface area contributed by atoms with E-state index in [2.05, 4.69) is 10.3 Å². The number of anilines is 2. The number of amides is 3. The van der Waals surface area contributed by atoms with Gasteiger partial charge < -0.3 is 15.0 Å². The molecule has 3 heterocycles. The third-order valence-corrected chi connectivity index (χ3v) is 12.2. The van der Waals surface area contributed by atoms with Crippen molar-refractivity contribution < 1.29 is 19.1 Å². The van der Waals surface area contributed by atoms with Gasteiger partial charge >= 0.3 is 4.87 Å². The molecule has 7 atom stereocenters. The minimum atomic E-state index is -0.362. The maximum atomic E-state index is 13.9. The first-order chi connectivity index (χ1) is 21.4. The van der Waals surface area contributed by atoms with Gasteiger partial charge in [-0.1, -0.05) is 59.4 Å². The van der Waals surface area contributed by atoms with Crippen LogP contribution in [0, 0.1) is 36.5 Å². The summed E-state index contributed by atoms with van der Waals surface area (Å²) in [4.78, 5) is 58.2. The lowest BCUT2D eigenvalue weighted by Crippen LogP contribution is -2.42. The van der Waals surface area contributed by atoms with Gasteiger partial charge in [0.2, 0.25) is 11.8 Å². The molecule has 44 heavy (non-hydrogen) atoms. The largest absolute Gasteiger partial charge is 0.484 e. The topological polar surface area (TPSA) is 109 Å². The Balaban J connectivity index is 1.09. The van der Waals surface area contributed by atoms with Gasteiger partial charge in [-0.2, -0.15) is 0 Å². The molecule has 3 aromatic carbocycles. The zero-order chi connectivity index (χ0) is 30.1. The van der Waals surface area contributed by atoms with E-state index in [0.717, 1.165) is 27.5 Å². The summed E-state index contributed by atoms with van der Waals surface area (Å²) in [6.07, 6.45) is 0.822. The van der Waals surface area contributed by atoms with Gasteiger partial charge in [0.05, 0.1) is 22.5 Å². The molecule has 2 saturated carbocycles. The molecule has 0 spiro atoms. The normalized spacial score (nSPS) is 28.0. The highest BCUT2D eigenvalue weighted by molar-refractivity contribution is 8.00. The van der Waals surface area contributed by atoms with Gasteiger partial charge in [0.1, 0.15) is 5.75 Å². The monoisotopic (exact) mass is 623 g/mol.